The molecule has 0 rings (SSSR count). The fraction of sp³-hybridized carbons (Fsp3) is 0.917. The van der Waals surface area contributed by atoms with E-state index in [-0.39, 0.29) is 19.1 Å². The number of aliphatic hydroxyl groups is 1. The maximum Gasteiger partial charge on any atom is 0.407 e. The van der Waals surface area contributed by atoms with E-state index in [1.54, 1.807) is 20.8 Å². The number of carbonyl (C=O) groups excluding carboxylic acids is 2. The second-order valence-corrected chi connectivity index (χ2v) is 9.21. The predicted molar refractivity (Wildman–Crippen MR) is 122 cm³/mol. The van der Waals surface area contributed by atoms with E-state index in [4.69, 9.17) is 9.47 Å². The Morgan fingerprint density at radius 1 is 0.833 bits per heavy atom. The lowest BCUT2D eigenvalue weighted by atomic mass is 10.0. The van der Waals surface area contributed by atoms with E-state index in [1.807, 2.05) is 0 Å². The summed E-state index contributed by atoms with van der Waals surface area (Å²) in [7, 11) is 0. The lowest BCUT2D eigenvalue weighted by Crippen LogP contribution is -2.38. The van der Waals surface area contributed by atoms with Crippen LogP contribution in [0.2, 0.25) is 0 Å². The van der Waals surface area contributed by atoms with Crippen LogP contribution in [0, 0.1) is 0 Å². The fourth-order valence-electron chi connectivity index (χ4n) is 3.12. The Hall–Kier alpha value is -1.30. The summed E-state index contributed by atoms with van der Waals surface area (Å²) in [6, 6.07) is 0. The molecule has 0 aromatic heterocycles. The van der Waals surface area contributed by atoms with Crippen molar-refractivity contribution in [2.45, 2.75) is 129 Å². The molecule has 0 aliphatic rings. The third-order valence-corrected chi connectivity index (χ3v) is 4.80. The van der Waals surface area contributed by atoms with Crippen molar-refractivity contribution in [1.82, 2.24) is 5.32 Å². The van der Waals surface area contributed by atoms with E-state index >= 15 is 0 Å². The standard InChI is InChI=1S/C24H47NO5/c1-5-6-7-8-9-10-11-12-13-14-15-16-17-18-22(27)29-20-21(26)19-25-23(28)30-24(2,3)4/h21,26H,5-20H2,1-4H3,(H,25,28)/t21-/m0/s1. The average Bonchev–Trinajstić information content (AvgIpc) is 2.67. The summed E-state index contributed by atoms with van der Waals surface area (Å²) in [6.45, 7) is 7.42. The van der Waals surface area contributed by atoms with Crippen LogP contribution in [0.15, 0.2) is 0 Å². The monoisotopic (exact) mass is 429 g/mol. The van der Waals surface area contributed by atoms with Gasteiger partial charge in [0.15, 0.2) is 0 Å². The van der Waals surface area contributed by atoms with Crippen molar-refractivity contribution in [3.63, 3.8) is 0 Å². The second kappa shape index (κ2) is 18.5. The van der Waals surface area contributed by atoms with Crippen molar-refractivity contribution in [3.8, 4) is 0 Å². The Labute approximate surface area is 184 Å². The van der Waals surface area contributed by atoms with Crippen molar-refractivity contribution >= 4 is 12.1 Å². The molecule has 0 aromatic carbocycles. The lowest BCUT2D eigenvalue weighted by molar-refractivity contribution is -0.146. The minimum Gasteiger partial charge on any atom is -0.463 e. The number of amides is 1. The van der Waals surface area contributed by atoms with Crippen LogP contribution >= 0.6 is 0 Å². The van der Waals surface area contributed by atoms with Crippen LogP contribution in [-0.4, -0.2) is 42.0 Å². The zero-order valence-corrected chi connectivity index (χ0v) is 20.0. The maximum absolute atomic E-state index is 11.7. The second-order valence-electron chi connectivity index (χ2n) is 9.21. The van der Waals surface area contributed by atoms with Gasteiger partial charge in [-0.1, -0.05) is 84.0 Å². The average molecular weight is 430 g/mol. The van der Waals surface area contributed by atoms with Gasteiger partial charge in [0.1, 0.15) is 18.3 Å². The van der Waals surface area contributed by atoms with Gasteiger partial charge < -0.3 is 19.9 Å². The van der Waals surface area contributed by atoms with Crippen LogP contribution in [0.1, 0.15) is 118 Å². The highest BCUT2D eigenvalue weighted by Crippen LogP contribution is 2.13. The van der Waals surface area contributed by atoms with E-state index in [1.165, 1.54) is 64.2 Å². The van der Waals surface area contributed by atoms with Crippen LogP contribution in [0.5, 0.6) is 0 Å². The normalized spacial score (nSPS) is 12.4. The molecule has 0 saturated carbocycles. The lowest BCUT2D eigenvalue weighted by Gasteiger charge is -2.20. The van der Waals surface area contributed by atoms with Gasteiger partial charge in [-0.15, -0.1) is 0 Å². The van der Waals surface area contributed by atoms with Crippen molar-refractivity contribution in [2.24, 2.45) is 0 Å². The van der Waals surface area contributed by atoms with Crippen molar-refractivity contribution in [1.29, 1.82) is 0 Å². The van der Waals surface area contributed by atoms with Crippen LogP contribution < -0.4 is 5.32 Å². The molecule has 1 amide bonds. The first-order valence-corrected chi connectivity index (χ1v) is 12.0. The highest BCUT2D eigenvalue weighted by molar-refractivity contribution is 5.69. The van der Waals surface area contributed by atoms with Gasteiger partial charge in [-0.2, -0.15) is 0 Å². The third kappa shape index (κ3) is 21.4. The molecule has 0 saturated heterocycles. The number of alkyl carbamates (subject to hydrolysis) is 1. The molecule has 6 nitrogen and oxygen atoms in total. The zero-order chi connectivity index (χ0) is 22.7. The molecule has 0 radical (unpaired) electrons. The molecule has 0 fully saturated rings. The molecule has 6 heteroatoms. The minimum absolute atomic E-state index is 0.0130. The first-order valence-electron chi connectivity index (χ1n) is 12.0. The van der Waals surface area contributed by atoms with Crippen LogP contribution in [-0.2, 0) is 14.3 Å². The third-order valence-electron chi connectivity index (χ3n) is 4.80. The molecule has 0 aromatic rings. The summed E-state index contributed by atoms with van der Waals surface area (Å²) in [5.74, 6) is -0.297. The number of hydrogen-bond acceptors (Lipinski definition) is 5. The smallest absolute Gasteiger partial charge is 0.407 e. The van der Waals surface area contributed by atoms with Gasteiger partial charge in [0.05, 0.1) is 6.54 Å². The SMILES string of the molecule is CCCCCCCCCCCCCCCC(=O)OC[C@@H](O)CNC(=O)OC(C)(C)C. The molecule has 178 valence electrons. The molecule has 0 bridgehead atoms. The van der Waals surface area contributed by atoms with E-state index < -0.39 is 17.8 Å². The molecule has 0 spiro atoms. The number of aliphatic hydroxyl groups excluding tert-OH is 1. The summed E-state index contributed by atoms with van der Waals surface area (Å²) in [5.41, 5.74) is -0.588. The molecule has 0 unspecified atom stereocenters. The van der Waals surface area contributed by atoms with Gasteiger partial charge in [-0.05, 0) is 27.2 Å². The summed E-state index contributed by atoms with van der Waals surface area (Å²) in [4.78, 5) is 23.2. The van der Waals surface area contributed by atoms with E-state index in [2.05, 4.69) is 12.2 Å². The number of carbonyl (C=O) groups is 2. The molecular weight excluding hydrogens is 382 g/mol. The van der Waals surface area contributed by atoms with Crippen LogP contribution in [0.3, 0.4) is 0 Å². The predicted octanol–water partition coefficient (Wildman–Crippen LogP) is 5.90. The molecule has 1 atom stereocenters. The number of rotatable bonds is 18. The topological polar surface area (TPSA) is 84.9 Å². The first-order chi connectivity index (χ1) is 14.2. The largest absolute Gasteiger partial charge is 0.463 e. The van der Waals surface area contributed by atoms with Crippen LogP contribution in [0.4, 0.5) is 4.79 Å². The Morgan fingerprint density at radius 3 is 1.77 bits per heavy atom. The van der Waals surface area contributed by atoms with Crippen molar-refractivity contribution in [3.05, 3.63) is 0 Å². The summed E-state index contributed by atoms with van der Waals surface area (Å²) in [6.07, 6.45) is 15.3. The fourth-order valence-corrected chi connectivity index (χ4v) is 3.12. The Morgan fingerprint density at radius 2 is 1.30 bits per heavy atom. The molecule has 0 aliphatic carbocycles. The van der Waals surface area contributed by atoms with Gasteiger partial charge in [-0.3, -0.25) is 4.79 Å². The quantitative estimate of drug-likeness (QED) is 0.209. The number of nitrogens with one attached hydrogen (secondary N) is 1. The molecule has 2 N–H and O–H groups in total. The maximum atomic E-state index is 11.7. The number of unbranched alkanes of at least 4 members (excludes halogenated alkanes) is 12. The van der Waals surface area contributed by atoms with Gasteiger partial charge in [0, 0.05) is 6.42 Å². The highest BCUT2D eigenvalue weighted by Gasteiger charge is 2.17. The van der Waals surface area contributed by atoms with Crippen molar-refractivity contribution < 1.29 is 24.2 Å². The Kier molecular flexibility index (Phi) is 17.7. The van der Waals surface area contributed by atoms with Crippen LogP contribution in [0.25, 0.3) is 0 Å². The Balaban J connectivity index is 3.44. The van der Waals surface area contributed by atoms with Gasteiger partial charge in [0.2, 0.25) is 0 Å². The van der Waals surface area contributed by atoms with E-state index in [0.29, 0.717) is 6.42 Å². The minimum atomic E-state index is -0.937. The van der Waals surface area contributed by atoms with E-state index in [9.17, 15) is 14.7 Å². The molecule has 0 heterocycles. The molecule has 30 heavy (non-hydrogen) atoms. The van der Waals surface area contributed by atoms with Crippen molar-refractivity contribution in [2.75, 3.05) is 13.2 Å². The number of esters is 1. The van der Waals surface area contributed by atoms with Gasteiger partial charge in [0.25, 0.3) is 0 Å². The molecule has 0 aliphatic heterocycles. The Bertz CT molecular complexity index is 434. The molecular formula is C24H47NO5. The van der Waals surface area contributed by atoms with Gasteiger partial charge >= 0.3 is 12.1 Å². The first kappa shape index (κ1) is 28.7. The zero-order valence-electron chi connectivity index (χ0n) is 20.0. The summed E-state index contributed by atoms with van der Waals surface area (Å²) in [5, 5.41) is 12.2. The number of hydrogen-bond donors (Lipinski definition) is 2. The highest BCUT2D eigenvalue weighted by atomic mass is 16.6. The summed E-state index contributed by atoms with van der Waals surface area (Å²) >= 11 is 0. The summed E-state index contributed by atoms with van der Waals surface area (Å²) < 4.78 is 10.1. The van der Waals surface area contributed by atoms with E-state index in [0.717, 1.165) is 19.3 Å². The number of ether oxygens (including phenoxy) is 2. The van der Waals surface area contributed by atoms with Gasteiger partial charge in [-0.25, -0.2) is 4.79 Å².